The molecule has 2 aromatic heterocycles. The van der Waals surface area contributed by atoms with Crippen molar-refractivity contribution in [1.29, 1.82) is 0 Å². The molecule has 0 amide bonds. The standard InChI is InChI=1S/C41H25N3S/c1-2-11-29(12-3-1)39-42-40(44-41(43-39)32-22-17-26-9-4-5-13-31(26)25-32)30-20-18-28(19-21-30)34-15-8-16-35-37(34)38-33-14-7-6-10-27(33)23-24-36(38)45-35/h1-25H. The highest BCUT2D eigenvalue weighted by Crippen LogP contribution is 2.43. The molecule has 0 bridgehead atoms. The lowest BCUT2D eigenvalue weighted by Gasteiger charge is -2.10. The number of rotatable bonds is 4. The van der Waals surface area contributed by atoms with Gasteiger partial charge in [0.25, 0.3) is 0 Å². The summed E-state index contributed by atoms with van der Waals surface area (Å²) in [6, 6.07) is 53.3. The monoisotopic (exact) mass is 591 g/mol. The van der Waals surface area contributed by atoms with E-state index in [1.165, 1.54) is 47.5 Å². The van der Waals surface area contributed by atoms with Gasteiger partial charge in [0.05, 0.1) is 0 Å². The predicted octanol–water partition coefficient (Wildman–Crippen LogP) is 11.2. The van der Waals surface area contributed by atoms with Crippen LogP contribution in [0.25, 0.3) is 87.0 Å². The van der Waals surface area contributed by atoms with Crippen LogP contribution in [0, 0.1) is 0 Å². The lowest BCUT2D eigenvalue weighted by Crippen LogP contribution is -2.00. The van der Waals surface area contributed by atoms with E-state index in [-0.39, 0.29) is 0 Å². The first kappa shape index (κ1) is 25.8. The maximum absolute atomic E-state index is 5.00. The first-order valence-electron chi connectivity index (χ1n) is 15.0. The molecular formula is C41H25N3S. The zero-order valence-electron chi connectivity index (χ0n) is 24.2. The molecule has 210 valence electrons. The van der Waals surface area contributed by atoms with E-state index >= 15 is 0 Å². The number of hydrogen-bond donors (Lipinski definition) is 0. The van der Waals surface area contributed by atoms with Gasteiger partial charge in [-0.3, -0.25) is 0 Å². The Morgan fingerprint density at radius 1 is 0.356 bits per heavy atom. The van der Waals surface area contributed by atoms with Crippen molar-refractivity contribution >= 4 is 53.1 Å². The van der Waals surface area contributed by atoms with Crippen LogP contribution in [0.2, 0.25) is 0 Å². The van der Waals surface area contributed by atoms with Crippen LogP contribution in [-0.4, -0.2) is 15.0 Å². The van der Waals surface area contributed by atoms with Crippen LogP contribution in [0.15, 0.2) is 152 Å². The van der Waals surface area contributed by atoms with E-state index in [2.05, 4.69) is 121 Å². The van der Waals surface area contributed by atoms with Gasteiger partial charge in [-0.15, -0.1) is 11.3 Å². The van der Waals surface area contributed by atoms with E-state index in [4.69, 9.17) is 15.0 Å². The van der Waals surface area contributed by atoms with Crippen LogP contribution in [0.1, 0.15) is 0 Å². The van der Waals surface area contributed by atoms with Crippen molar-refractivity contribution in [2.75, 3.05) is 0 Å². The van der Waals surface area contributed by atoms with E-state index in [1.54, 1.807) is 0 Å². The van der Waals surface area contributed by atoms with Gasteiger partial charge in [-0.25, -0.2) is 15.0 Å². The molecule has 0 aliphatic heterocycles. The third kappa shape index (κ3) is 4.46. The summed E-state index contributed by atoms with van der Waals surface area (Å²) in [5.41, 5.74) is 5.29. The van der Waals surface area contributed by atoms with Gasteiger partial charge in [0, 0.05) is 36.9 Å². The minimum absolute atomic E-state index is 0.656. The van der Waals surface area contributed by atoms with Gasteiger partial charge in [-0.1, -0.05) is 133 Å². The number of fused-ring (bicyclic) bond motifs is 6. The molecule has 0 aliphatic rings. The van der Waals surface area contributed by atoms with Crippen LogP contribution >= 0.6 is 11.3 Å². The van der Waals surface area contributed by atoms with Crippen molar-refractivity contribution in [2.45, 2.75) is 0 Å². The summed E-state index contributed by atoms with van der Waals surface area (Å²) in [5.74, 6) is 1.98. The SMILES string of the molecule is c1ccc(-c2nc(-c3ccc(-c4cccc5sc6ccc7ccccc7c6c45)cc3)nc(-c3ccc4ccccc4c3)n2)cc1. The first-order valence-corrected chi connectivity index (χ1v) is 15.8. The average Bonchev–Trinajstić information content (AvgIpc) is 3.51. The average molecular weight is 592 g/mol. The van der Waals surface area contributed by atoms with Crippen LogP contribution < -0.4 is 0 Å². The van der Waals surface area contributed by atoms with E-state index in [0.29, 0.717) is 17.5 Å². The van der Waals surface area contributed by atoms with E-state index in [0.717, 1.165) is 22.1 Å². The Kier molecular flexibility index (Phi) is 6.00. The van der Waals surface area contributed by atoms with Crippen molar-refractivity contribution in [3.63, 3.8) is 0 Å². The van der Waals surface area contributed by atoms with Gasteiger partial charge in [0.2, 0.25) is 0 Å². The Hall–Kier alpha value is -5.71. The lowest BCUT2D eigenvalue weighted by molar-refractivity contribution is 1.07. The second-order valence-corrected chi connectivity index (χ2v) is 12.3. The molecule has 0 spiro atoms. The predicted molar refractivity (Wildman–Crippen MR) is 189 cm³/mol. The molecule has 0 atom stereocenters. The van der Waals surface area contributed by atoms with E-state index in [1.807, 2.05) is 41.7 Å². The highest BCUT2D eigenvalue weighted by molar-refractivity contribution is 7.26. The van der Waals surface area contributed by atoms with Crippen LogP contribution in [0.5, 0.6) is 0 Å². The summed E-state index contributed by atoms with van der Waals surface area (Å²) >= 11 is 1.86. The Labute approximate surface area is 264 Å². The molecule has 4 heteroatoms. The molecule has 2 heterocycles. The highest BCUT2D eigenvalue weighted by atomic mass is 32.1. The van der Waals surface area contributed by atoms with Crippen LogP contribution in [-0.2, 0) is 0 Å². The third-order valence-electron chi connectivity index (χ3n) is 8.52. The minimum atomic E-state index is 0.656. The number of benzene rings is 7. The Bertz CT molecular complexity index is 2530. The molecule has 9 rings (SSSR count). The molecule has 45 heavy (non-hydrogen) atoms. The summed E-state index contributed by atoms with van der Waals surface area (Å²) in [6.45, 7) is 0. The van der Waals surface area contributed by atoms with Gasteiger partial charge in [0.15, 0.2) is 17.5 Å². The van der Waals surface area contributed by atoms with E-state index < -0.39 is 0 Å². The number of aromatic nitrogens is 3. The highest BCUT2D eigenvalue weighted by Gasteiger charge is 2.16. The fraction of sp³-hybridized carbons (Fsp3) is 0. The number of hydrogen-bond acceptors (Lipinski definition) is 4. The zero-order chi connectivity index (χ0) is 29.7. The fourth-order valence-corrected chi connectivity index (χ4v) is 7.45. The molecule has 0 saturated heterocycles. The maximum Gasteiger partial charge on any atom is 0.164 e. The molecule has 0 saturated carbocycles. The smallest absolute Gasteiger partial charge is 0.164 e. The maximum atomic E-state index is 5.00. The van der Waals surface area contributed by atoms with Crippen LogP contribution in [0.4, 0.5) is 0 Å². The summed E-state index contributed by atoms with van der Waals surface area (Å²) in [5, 5.41) is 7.55. The van der Waals surface area contributed by atoms with Gasteiger partial charge in [0.1, 0.15) is 0 Å². The normalized spacial score (nSPS) is 11.6. The quantitative estimate of drug-likeness (QED) is 0.204. The van der Waals surface area contributed by atoms with Gasteiger partial charge in [-0.05, 0) is 50.9 Å². The first-order chi connectivity index (χ1) is 22.3. The second kappa shape index (κ2) is 10.5. The topological polar surface area (TPSA) is 38.7 Å². The fourth-order valence-electron chi connectivity index (χ4n) is 6.31. The summed E-state index contributed by atoms with van der Waals surface area (Å²) in [6.07, 6.45) is 0. The van der Waals surface area contributed by atoms with Gasteiger partial charge in [-0.2, -0.15) is 0 Å². The molecule has 9 aromatic rings. The molecule has 0 unspecified atom stereocenters. The summed E-state index contributed by atoms with van der Waals surface area (Å²) in [4.78, 5) is 14.9. The molecule has 0 radical (unpaired) electrons. The molecule has 3 nitrogen and oxygen atoms in total. The van der Waals surface area contributed by atoms with Crippen molar-refractivity contribution in [1.82, 2.24) is 15.0 Å². The molecule has 0 fully saturated rings. The molecule has 0 N–H and O–H groups in total. The van der Waals surface area contributed by atoms with Crippen molar-refractivity contribution in [3.05, 3.63) is 152 Å². The number of thiophene rings is 1. The lowest BCUT2D eigenvalue weighted by atomic mass is 9.96. The molecule has 7 aromatic carbocycles. The summed E-state index contributed by atoms with van der Waals surface area (Å²) < 4.78 is 2.61. The van der Waals surface area contributed by atoms with Gasteiger partial charge < -0.3 is 0 Å². The number of nitrogens with zero attached hydrogens (tertiary/aromatic N) is 3. The Balaban J connectivity index is 1.18. The summed E-state index contributed by atoms with van der Waals surface area (Å²) in [7, 11) is 0. The Morgan fingerprint density at radius 3 is 1.73 bits per heavy atom. The van der Waals surface area contributed by atoms with Crippen molar-refractivity contribution in [3.8, 4) is 45.3 Å². The molecule has 0 aliphatic carbocycles. The van der Waals surface area contributed by atoms with Gasteiger partial charge >= 0.3 is 0 Å². The van der Waals surface area contributed by atoms with Crippen LogP contribution in [0.3, 0.4) is 0 Å². The largest absolute Gasteiger partial charge is 0.208 e. The Morgan fingerprint density at radius 2 is 0.933 bits per heavy atom. The van der Waals surface area contributed by atoms with Crippen molar-refractivity contribution in [2.24, 2.45) is 0 Å². The van der Waals surface area contributed by atoms with Crippen molar-refractivity contribution < 1.29 is 0 Å². The second-order valence-electron chi connectivity index (χ2n) is 11.3. The minimum Gasteiger partial charge on any atom is -0.208 e. The third-order valence-corrected chi connectivity index (χ3v) is 9.64. The van der Waals surface area contributed by atoms with E-state index in [9.17, 15) is 0 Å². The zero-order valence-corrected chi connectivity index (χ0v) is 25.0. The molecular weight excluding hydrogens is 567 g/mol.